The molecule has 5 heteroatoms. The molecule has 5 nitrogen and oxygen atoms in total. The molecule has 0 aromatic heterocycles. The molecule has 0 aliphatic carbocycles. The van der Waals surface area contributed by atoms with Crippen molar-refractivity contribution < 1.29 is 9.59 Å². The highest BCUT2D eigenvalue weighted by atomic mass is 16.2. The van der Waals surface area contributed by atoms with Crippen molar-refractivity contribution in [2.75, 3.05) is 6.54 Å². The minimum atomic E-state index is -0.799. The molecule has 2 saturated heterocycles. The third kappa shape index (κ3) is 9.83. The van der Waals surface area contributed by atoms with Crippen molar-refractivity contribution in [3.8, 4) is 0 Å². The summed E-state index contributed by atoms with van der Waals surface area (Å²) in [5.41, 5.74) is 0.0125. The average molecular weight is 568 g/mol. The fourth-order valence-electron chi connectivity index (χ4n) is 7.68. The number of nitrogens with one attached hydrogen (secondary N) is 1. The molecular formula is C36H61N3O2. The standard InChI is InChI=1S/C36H61N3O2/c1-6-7-8-9-10-11-12-13-14-15-16-17-18-19-20-24-27-38-32(40)36(37-33(38)41)29-34(2,3)39(35(4,5)30-36)28-31-25-22-21-23-26-31/h21-23,25-26H,6-20,24,27-30H2,1-5H3,(H,37,41). The molecule has 0 radical (unpaired) electrons. The van der Waals surface area contributed by atoms with Crippen LogP contribution in [0.15, 0.2) is 30.3 Å². The molecule has 0 bridgehead atoms. The van der Waals surface area contributed by atoms with E-state index in [1.54, 1.807) is 0 Å². The van der Waals surface area contributed by atoms with E-state index in [1.807, 2.05) is 6.07 Å². The average Bonchev–Trinajstić information content (AvgIpc) is 3.13. The molecule has 3 amide bonds. The number of hydrogen-bond acceptors (Lipinski definition) is 3. The lowest BCUT2D eigenvalue weighted by atomic mass is 9.68. The number of unbranched alkanes of at least 4 members (excludes halogenated alkanes) is 15. The van der Waals surface area contributed by atoms with Crippen LogP contribution in [-0.4, -0.2) is 44.9 Å². The van der Waals surface area contributed by atoms with Crippen molar-refractivity contribution in [1.82, 2.24) is 15.1 Å². The highest BCUT2D eigenvalue weighted by Crippen LogP contribution is 2.46. The molecule has 0 atom stereocenters. The summed E-state index contributed by atoms with van der Waals surface area (Å²) in [5.74, 6) is -0.0102. The van der Waals surface area contributed by atoms with Crippen LogP contribution in [0.2, 0.25) is 0 Å². The number of nitrogens with zero attached hydrogens (tertiary/aromatic N) is 2. The summed E-state index contributed by atoms with van der Waals surface area (Å²) in [6.07, 6.45) is 22.4. The summed E-state index contributed by atoms with van der Waals surface area (Å²) >= 11 is 0. The highest BCUT2D eigenvalue weighted by Gasteiger charge is 2.60. The highest BCUT2D eigenvalue weighted by molar-refractivity contribution is 6.07. The molecule has 41 heavy (non-hydrogen) atoms. The van der Waals surface area contributed by atoms with E-state index in [0.717, 1.165) is 19.4 Å². The molecule has 2 aliphatic rings. The Labute approximate surface area is 252 Å². The predicted molar refractivity (Wildman–Crippen MR) is 172 cm³/mol. The van der Waals surface area contributed by atoms with Gasteiger partial charge in [-0.25, -0.2) is 4.79 Å². The zero-order valence-corrected chi connectivity index (χ0v) is 27.2. The van der Waals surface area contributed by atoms with Gasteiger partial charge in [0.15, 0.2) is 0 Å². The van der Waals surface area contributed by atoms with E-state index in [2.05, 4.69) is 69.1 Å². The maximum Gasteiger partial charge on any atom is 0.325 e. The number of carbonyl (C=O) groups is 2. The first-order valence-electron chi connectivity index (χ1n) is 17.1. The second kappa shape index (κ2) is 16.1. The van der Waals surface area contributed by atoms with Crippen molar-refractivity contribution in [3.05, 3.63) is 35.9 Å². The third-order valence-electron chi connectivity index (χ3n) is 9.59. The summed E-state index contributed by atoms with van der Waals surface area (Å²) in [7, 11) is 0. The van der Waals surface area contributed by atoms with Gasteiger partial charge in [0.05, 0.1) is 0 Å². The fraction of sp³-hybridized carbons (Fsp3) is 0.778. The van der Waals surface area contributed by atoms with Gasteiger partial charge in [-0.15, -0.1) is 0 Å². The van der Waals surface area contributed by atoms with E-state index in [-0.39, 0.29) is 23.0 Å². The van der Waals surface area contributed by atoms with Crippen LogP contribution < -0.4 is 5.32 Å². The molecule has 1 aromatic rings. The van der Waals surface area contributed by atoms with Gasteiger partial charge in [-0.1, -0.05) is 134 Å². The van der Waals surface area contributed by atoms with Gasteiger partial charge in [-0.3, -0.25) is 14.6 Å². The number of urea groups is 1. The van der Waals surface area contributed by atoms with Crippen molar-refractivity contribution in [2.45, 2.75) is 173 Å². The zero-order valence-electron chi connectivity index (χ0n) is 27.2. The number of imide groups is 1. The smallest absolute Gasteiger partial charge is 0.323 e. The van der Waals surface area contributed by atoms with E-state index in [9.17, 15) is 9.59 Å². The maximum atomic E-state index is 13.7. The quantitative estimate of drug-likeness (QED) is 0.134. The SMILES string of the molecule is CCCCCCCCCCCCCCCCCCN1C(=O)NC2(CC(C)(C)N(Cc3ccccc3)C(C)(C)C2)C1=O. The first-order chi connectivity index (χ1) is 19.6. The van der Waals surface area contributed by atoms with Gasteiger partial charge in [0, 0.05) is 24.2 Å². The molecular weight excluding hydrogens is 506 g/mol. The van der Waals surface area contributed by atoms with Crippen molar-refractivity contribution in [2.24, 2.45) is 0 Å². The minimum Gasteiger partial charge on any atom is -0.323 e. The van der Waals surface area contributed by atoms with Crippen LogP contribution in [0.1, 0.15) is 156 Å². The topological polar surface area (TPSA) is 52.7 Å². The molecule has 1 N–H and O–H groups in total. The van der Waals surface area contributed by atoms with Crippen LogP contribution in [-0.2, 0) is 11.3 Å². The number of piperidine rings is 1. The second-order valence-corrected chi connectivity index (χ2v) is 14.3. The van der Waals surface area contributed by atoms with Gasteiger partial charge in [0.2, 0.25) is 0 Å². The number of hydrogen-bond donors (Lipinski definition) is 1. The Morgan fingerprint density at radius 1 is 0.659 bits per heavy atom. The molecule has 2 heterocycles. The second-order valence-electron chi connectivity index (χ2n) is 14.3. The van der Waals surface area contributed by atoms with Crippen LogP contribution in [0, 0.1) is 0 Å². The van der Waals surface area contributed by atoms with Crippen LogP contribution in [0.5, 0.6) is 0 Å². The monoisotopic (exact) mass is 567 g/mol. The molecule has 2 fully saturated rings. The van der Waals surface area contributed by atoms with Gasteiger partial charge < -0.3 is 5.32 Å². The number of likely N-dealkylation sites (tertiary alicyclic amines) is 1. The van der Waals surface area contributed by atoms with Gasteiger partial charge in [0.25, 0.3) is 5.91 Å². The Morgan fingerprint density at radius 2 is 1.10 bits per heavy atom. The molecule has 1 aromatic carbocycles. The molecule has 232 valence electrons. The maximum absolute atomic E-state index is 13.7. The molecule has 0 saturated carbocycles. The van der Waals surface area contributed by atoms with Gasteiger partial charge >= 0.3 is 6.03 Å². The van der Waals surface area contributed by atoms with Crippen LogP contribution in [0.3, 0.4) is 0 Å². The Kier molecular flexibility index (Phi) is 13.2. The van der Waals surface area contributed by atoms with E-state index in [1.165, 1.54) is 100 Å². The van der Waals surface area contributed by atoms with E-state index in [4.69, 9.17) is 0 Å². The van der Waals surface area contributed by atoms with E-state index < -0.39 is 5.54 Å². The lowest BCUT2D eigenvalue weighted by Crippen LogP contribution is -2.69. The Hall–Kier alpha value is -1.88. The van der Waals surface area contributed by atoms with Gasteiger partial charge in [0.1, 0.15) is 5.54 Å². The van der Waals surface area contributed by atoms with Crippen molar-refractivity contribution in [3.63, 3.8) is 0 Å². The summed E-state index contributed by atoms with van der Waals surface area (Å²) in [5, 5.41) is 3.18. The van der Waals surface area contributed by atoms with Gasteiger partial charge in [-0.05, 0) is 52.5 Å². The summed E-state index contributed by atoms with van der Waals surface area (Å²) in [6, 6.07) is 10.3. The number of benzene rings is 1. The molecule has 2 aliphatic heterocycles. The van der Waals surface area contributed by atoms with Crippen molar-refractivity contribution in [1.29, 1.82) is 0 Å². The molecule has 1 spiro atoms. The molecule has 3 rings (SSSR count). The number of rotatable bonds is 19. The Morgan fingerprint density at radius 3 is 1.56 bits per heavy atom. The predicted octanol–water partition coefficient (Wildman–Crippen LogP) is 9.39. The summed E-state index contributed by atoms with van der Waals surface area (Å²) in [6.45, 7) is 12.5. The van der Waals surface area contributed by atoms with E-state index in [0.29, 0.717) is 19.4 Å². The first kappa shape index (κ1) is 33.6. The van der Waals surface area contributed by atoms with E-state index >= 15 is 0 Å². The zero-order chi connectivity index (χ0) is 29.8. The largest absolute Gasteiger partial charge is 0.325 e. The van der Waals surface area contributed by atoms with Crippen molar-refractivity contribution >= 4 is 11.9 Å². The van der Waals surface area contributed by atoms with Crippen LogP contribution >= 0.6 is 0 Å². The van der Waals surface area contributed by atoms with Crippen LogP contribution in [0.25, 0.3) is 0 Å². The summed E-state index contributed by atoms with van der Waals surface area (Å²) in [4.78, 5) is 30.8. The summed E-state index contributed by atoms with van der Waals surface area (Å²) < 4.78 is 0. The molecule has 0 unspecified atom stereocenters. The normalized spacial score (nSPS) is 19.7. The lowest BCUT2D eigenvalue weighted by molar-refractivity contribution is -0.141. The third-order valence-corrected chi connectivity index (χ3v) is 9.59. The number of carbonyl (C=O) groups excluding carboxylic acids is 2. The Bertz CT molecular complexity index is 908. The Balaban J connectivity index is 1.33. The fourth-order valence-corrected chi connectivity index (χ4v) is 7.68. The first-order valence-corrected chi connectivity index (χ1v) is 17.1. The minimum absolute atomic E-state index is 0.0102. The van der Waals surface area contributed by atoms with Gasteiger partial charge in [-0.2, -0.15) is 0 Å². The lowest BCUT2D eigenvalue weighted by Gasteiger charge is -2.57. The number of amides is 3. The van der Waals surface area contributed by atoms with Crippen LogP contribution in [0.4, 0.5) is 4.79 Å².